The molecule has 2 aliphatic rings. The Labute approximate surface area is 191 Å². The summed E-state index contributed by atoms with van der Waals surface area (Å²) in [5.74, 6) is 0.491. The first-order valence-electron chi connectivity index (χ1n) is 11.7. The molecule has 2 aromatic rings. The van der Waals surface area contributed by atoms with E-state index >= 15 is 0 Å². The molecular formula is C26H34ClN3O. The molecule has 5 heteroatoms. The number of carbonyl (C=O) groups excluding carboxylic acids is 1. The molecule has 0 N–H and O–H groups in total. The minimum absolute atomic E-state index is 0.149. The molecule has 0 unspecified atom stereocenters. The van der Waals surface area contributed by atoms with E-state index in [1.165, 1.54) is 24.8 Å². The Balaban J connectivity index is 1.44. The first-order chi connectivity index (χ1) is 15.0. The van der Waals surface area contributed by atoms with Gasteiger partial charge in [0.05, 0.1) is 11.3 Å². The predicted molar refractivity (Wildman–Crippen MR) is 127 cm³/mol. The highest BCUT2D eigenvalue weighted by atomic mass is 35.5. The first-order valence-corrected chi connectivity index (χ1v) is 12.1. The monoisotopic (exact) mass is 439 g/mol. The van der Waals surface area contributed by atoms with Crippen LogP contribution in [0.4, 0.5) is 0 Å². The maximum atomic E-state index is 13.4. The first kappa shape index (κ1) is 22.3. The van der Waals surface area contributed by atoms with Gasteiger partial charge in [0.15, 0.2) is 0 Å². The van der Waals surface area contributed by atoms with E-state index in [1.54, 1.807) is 0 Å². The molecule has 0 bridgehead atoms. The number of benzene rings is 1. The van der Waals surface area contributed by atoms with Crippen molar-refractivity contribution in [2.45, 2.75) is 70.4 Å². The molecule has 2 heterocycles. The lowest BCUT2D eigenvalue weighted by atomic mass is 9.89. The lowest BCUT2D eigenvalue weighted by Crippen LogP contribution is -2.39. The summed E-state index contributed by atoms with van der Waals surface area (Å²) in [4.78, 5) is 22.8. The number of piperidine rings is 1. The number of likely N-dealkylation sites (tertiary alicyclic amines) is 1. The van der Waals surface area contributed by atoms with Crippen LogP contribution in [-0.2, 0) is 6.54 Å². The van der Waals surface area contributed by atoms with E-state index < -0.39 is 0 Å². The number of hydrogen-bond donors (Lipinski definition) is 0. The Bertz CT molecular complexity index is 901. The molecule has 1 aromatic carbocycles. The summed E-state index contributed by atoms with van der Waals surface area (Å²) in [7, 11) is 1.98. The Morgan fingerprint density at radius 2 is 1.84 bits per heavy atom. The standard InChI is InChI=1S/C26H34ClN3O/c1-19-11-12-24(26(31)29(2)23-9-4-3-5-10-23)25(28-19)21-13-15-30(16-14-21)18-20-7-6-8-22(27)17-20/h6-8,11-12,17,21,23H,3-5,9-10,13-16,18H2,1-2H3. The third kappa shape index (κ3) is 5.48. The molecule has 166 valence electrons. The van der Waals surface area contributed by atoms with Crippen molar-refractivity contribution in [3.05, 3.63) is 63.9 Å². The quantitative estimate of drug-likeness (QED) is 0.588. The van der Waals surface area contributed by atoms with Crippen LogP contribution >= 0.6 is 11.6 Å². The van der Waals surface area contributed by atoms with Crippen LogP contribution in [0.3, 0.4) is 0 Å². The third-order valence-corrected chi connectivity index (χ3v) is 7.24. The van der Waals surface area contributed by atoms with Crippen LogP contribution < -0.4 is 0 Å². The van der Waals surface area contributed by atoms with Gasteiger partial charge in [-0.3, -0.25) is 14.7 Å². The lowest BCUT2D eigenvalue weighted by Gasteiger charge is -2.34. The van der Waals surface area contributed by atoms with E-state index in [9.17, 15) is 4.79 Å². The largest absolute Gasteiger partial charge is 0.339 e. The van der Waals surface area contributed by atoms with Crippen LogP contribution in [0.2, 0.25) is 5.02 Å². The van der Waals surface area contributed by atoms with Crippen molar-refractivity contribution in [1.82, 2.24) is 14.8 Å². The molecule has 1 saturated heterocycles. The highest BCUT2D eigenvalue weighted by molar-refractivity contribution is 6.30. The molecule has 1 aromatic heterocycles. The Morgan fingerprint density at radius 1 is 1.10 bits per heavy atom. The smallest absolute Gasteiger partial charge is 0.255 e. The van der Waals surface area contributed by atoms with E-state index in [1.807, 2.05) is 49.2 Å². The number of aryl methyl sites for hydroxylation is 1. The van der Waals surface area contributed by atoms with Crippen molar-refractivity contribution < 1.29 is 4.79 Å². The minimum Gasteiger partial charge on any atom is -0.339 e. The van der Waals surface area contributed by atoms with E-state index in [4.69, 9.17) is 16.6 Å². The number of rotatable bonds is 5. The number of aromatic nitrogens is 1. The highest BCUT2D eigenvalue weighted by Crippen LogP contribution is 2.32. The van der Waals surface area contributed by atoms with Crippen molar-refractivity contribution in [2.75, 3.05) is 20.1 Å². The Morgan fingerprint density at radius 3 is 2.55 bits per heavy atom. The average molecular weight is 440 g/mol. The summed E-state index contributed by atoms with van der Waals surface area (Å²) in [5, 5.41) is 0.793. The topological polar surface area (TPSA) is 36.4 Å². The highest BCUT2D eigenvalue weighted by Gasteiger charge is 2.29. The van der Waals surface area contributed by atoms with Gasteiger partial charge < -0.3 is 4.90 Å². The van der Waals surface area contributed by atoms with Crippen LogP contribution in [-0.4, -0.2) is 46.9 Å². The molecule has 1 saturated carbocycles. The number of amides is 1. The molecule has 1 amide bonds. The van der Waals surface area contributed by atoms with Gasteiger partial charge in [-0.1, -0.05) is 43.0 Å². The summed E-state index contributed by atoms with van der Waals surface area (Å²) in [5.41, 5.74) is 4.07. The Kier molecular flexibility index (Phi) is 7.29. The number of nitrogens with zero attached hydrogens (tertiary/aromatic N) is 3. The second-order valence-corrected chi connectivity index (χ2v) is 9.71. The van der Waals surface area contributed by atoms with E-state index in [0.717, 1.165) is 67.3 Å². The summed E-state index contributed by atoms with van der Waals surface area (Å²) < 4.78 is 0. The SMILES string of the molecule is Cc1ccc(C(=O)N(C)C2CCCCC2)c(C2CCN(Cc3cccc(Cl)c3)CC2)n1. The fourth-order valence-electron chi connectivity index (χ4n) is 5.15. The molecule has 4 nitrogen and oxygen atoms in total. The van der Waals surface area contributed by atoms with Crippen molar-refractivity contribution in [3.63, 3.8) is 0 Å². The van der Waals surface area contributed by atoms with Crippen LogP contribution in [0.1, 0.15) is 78.2 Å². The zero-order valence-corrected chi connectivity index (χ0v) is 19.6. The maximum absolute atomic E-state index is 13.4. The van der Waals surface area contributed by atoms with Crippen molar-refractivity contribution in [2.24, 2.45) is 0 Å². The van der Waals surface area contributed by atoms with Crippen LogP contribution in [0.5, 0.6) is 0 Å². The molecule has 1 aliphatic heterocycles. The van der Waals surface area contributed by atoms with Gasteiger partial charge in [-0.2, -0.15) is 0 Å². The minimum atomic E-state index is 0.149. The molecule has 4 rings (SSSR count). The van der Waals surface area contributed by atoms with Crippen LogP contribution in [0.25, 0.3) is 0 Å². The normalized spacial score (nSPS) is 18.8. The van der Waals surface area contributed by atoms with Gasteiger partial charge >= 0.3 is 0 Å². The van der Waals surface area contributed by atoms with Crippen LogP contribution in [0.15, 0.2) is 36.4 Å². The van der Waals surface area contributed by atoms with Crippen molar-refractivity contribution >= 4 is 17.5 Å². The summed E-state index contributed by atoms with van der Waals surface area (Å²) in [6, 6.07) is 12.5. The van der Waals surface area contributed by atoms with Gasteiger partial charge in [0, 0.05) is 36.3 Å². The zero-order valence-electron chi connectivity index (χ0n) is 18.8. The van der Waals surface area contributed by atoms with Gasteiger partial charge in [0.25, 0.3) is 5.91 Å². The molecular weight excluding hydrogens is 406 g/mol. The zero-order chi connectivity index (χ0) is 21.8. The van der Waals surface area contributed by atoms with Crippen molar-refractivity contribution in [3.8, 4) is 0 Å². The number of pyridine rings is 1. The molecule has 1 aliphatic carbocycles. The molecule has 0 atom stereocenters. The summed E-state index contributed by atoms with van der Waals surface area (Å²) in [6.45, 7) is 4.97. The predicted octanol–water partition coefficient (Wildman–Crippen LogP) is 5.83. The number of carbonyl (C=O) groups is 1. The van der Waals surface area contributed by atoms with Crippen molar-refractivity contribution in [1.29, 1.82) is 0 Å². The fourth-order valence-corrected chi connectivity index (χ4v) is 5.36. The van der Waals surface area contributed by atoms with E-state index in [2.05, 4.69) is 11.0 Å². The second-order valence-electron chi connectivity index (χ2n) is 9.27. The van der Waals surface area contributed by atoms with Gasteiger partial charge in [-0.15, -0.1) is 0 Å². The third-order valence-electron chi connectivity index (χ3n) is 7.01. The van der Waals surface area contributed by atoms with Crippen LogP contribution in [0, 0.1) is 6.92 Å². The molecule has 0 spiro atoms. The van der Waals surface area contributed by atoms with E-state index in [0.29, 0.717) is 12.0 Å². The van der Waals surface area contributed by atoms with Gasteiger partial charge in [0.1, 0.15) is 0 Å². The fraction of sp³-hybridized carbons (Fsp3) is 0.538. The lowest BCUT2D eigenvalue weighted by molar-refractivity contribution is 0.0693. The molecule has 0 radical (unpaired) electrons. The molecule has 2 fully saturated rings. The van der Waals surface area contributed by atoms with Gasteiger partial charge in [-0.05, 0) is 75.5 Å². The summed E-state index contributed by atoms with van der Waals surface area (Å²) in [6.07, 6.45) is 8.06. The molecule has 31 heavy (non-hydrogen) atoms. The van der Waals surface area contributed by atoms with Gasteiger partial charge in [-0.25, -0.2) is 0 Å². The summed E-state index contributed by atoms with van der Waals surface area (Å²) >= 11 is 6.15. The number of halogens is 1. The average Bonchev–Trinajstić information content (AvgIpc) is 2.79. The second kappa shape index (κ2) is 10.1. The van der Waals surface area contributed by atoms with Gasteiger partial charge in [0.2, 0.25) is 0 Å². The number of hydrogen-bond acceptors (Lipinski definition) is 3. The Hall–Kier alpha value is -1.91. The maximum Gasteiger partial charge on any atom is 0.255 e. The van der Waals surface area contributed by atoms with E-state index in [-0.39, 0.29) is 5.91 Å².